The van der Waals surface area contributed by atoms with Gasteiger partial charge in [-0.05, 0) is 12.8 Å². The summed E-state index contributed by atoms with van der Waals surface area (Å²) in [5.74, 6) is -1.27. The average molecular weight is 255 g/mol. The van der Waals surface area contributed by atoms with Gasteiger partial charge < -0.3 is 4.74 Å². The maximum Gasteiger partial charge on any atom is 0.316 e. The number of carbonyl (C=O) groups is 2. The van der Waals surface area contributed by atoms with Crippen LogP contribution in [0.1, 0.15) is 38.5 Å². The number of rotatable bonds is 5. The molecule has 18 heavy (non-hydrogen) atoms. The van der Waals surface area contributed by atoms with E-state index in [4.69, 9.17) is 4.74 Å². The van der Waals surface area contributed by atoms with Gasteiger partial charge in [0.05, 0.1) is 0 Å². The monoisotopic (exact) mass is 255 g/mol. The fourth-order valence-corrected chi connectivity index (χ4v) is 2.46. The van der Waals surface area contributed by atoms with E-state index < -0.39 is 22.9 Å². The molecule has 2 rings (SSSR count). The standard InChI is InChI=1S/C12H17NO5/c14-11(8-4-2-1-3-5-8)7-18-12(15)9-6-10(9)13(16)17/h8-10H,1-7H2. The molecule has 2 atom stereocenters. The van der Waals surface area contributed by atoms with Crippen LogP contribution in [0.4, 0.5) is 0 Å². The molecule has 2 aliphatic rings. The summed E-state index contributed by atoms with van der Waals surface area (Å²) in [7, 11) is 0. The van der Waals surface area contributed by atoms with Crippen LogP contribution in [0.25, 0.3) is 0 Å². The molecule has 0 N–H and O–H groups in total. The molecule has 0 heterocycles. The lowest BCUT2D eigenvalue weighted by Gasteiger charge is -2.19. The lowest BCUT2D eigenvalue weighted by atomic mass is 9.86. The number of Topliss-reactive ketones (excluding diaryl/α,β-unsaturated/α-hetero) is 1. The second-order valence-corrected chi connectivity index (χ2v) is 5.10. The summed E-state index contributed by atoms with van der Waals surface area (Å²) in [5.41, 5.74) is 0. The molecule has 2 unspecified atom stereocenters. The van der Waals surface area contributed by atoms with Gasteiger partial charge >= 0.3 is 5.97 Å². The van der Waals surface area contributed by atoms with Crippen LogP contribution in [0.5, 0.6) is 0 Å². The van der Waals surface area contributed by atoms with E-state index in [1.165, 1.54) is 0 Å². The summed E-state index contributed by atoms with van der Waals surface area (Å²) >= 11 is 0. The molecule has 0 amide bonds. The predicted octanol–water partition coefficient (Wildman–Crippen LogP) is 1.34. The summed E-state index contributed by atoms with van der Waals surface area (Å²) in [6, 6.07) is -0.803. The molecule has 0 aliphatic heterocycles. The highest BCUT2D eigenvalue weighted by molar-refractivity contribution is 5.85. The molecule has 6 heteroatoms. The van der Waals surface area contributed by atoms with Crippen LogP contribution in [0.3, 0.4) is 0 Å². The fraction of sp³-hybridized carbons (Fsp3) is 0.833. The topological polar surface area (TPSA) is 86.5 Å². The minimum Gasteiger partial charge on any atom is -0.457 e. The number of hydrogen-bond donors (Lipinski definition) is 0. The van der Waals surface area contributed by atoms with Gasteiger partial charge in [-0.1, -0.05) is 19.3 Å². The van der Waals surface area contributed by atoms with E-state index in [1.807, 2.05) is 0 Å². The number of ketones is 1. The van der Waals surface area contributed by atoms with Crippen molar-refractivity contribution < 1.29 is 19.2 Å². The van der Waals surface area contributed by atoms with Crippen LogP contribution in [-0.4, -0.2) is 29.3 Å². The van der Waals surface area contributed by atoms with Crippen LogP contribution in [0.15, 0.2) is 0 Å². The second-order valence-electron chi connectivity index (χ2n) is 5.10. The summed E-state index contributed by atoms with van der Waals surface area (Å²) in [5, 5.41) is 10.4. The molecule has 0 bridgehead atoms. The number of nitrogens with zero attached hydrogens (tertiary/aromatic N) is 1. The van der Waals surface area contributed by atoms with Crippen LogP contribution in [-0.2, 0) is 14.3 Å². The second kappa shape index (κ2) is 5.46. The van der Waals surface area contributed by atoms with Gasteiger partial charge in [-0.3, -0.25) is 19.7 Å². The number of nitro groups is 1. The van der Waals surface area contributed by atoms with Crippen molar-refractivity contribution in [2.75, 3.05) is 6.61 Å². The molecule has 0 aromatic carbocycles. The van der Waals surface area contributed by atoms with Gasteiger partial charge in [-0.25, -0.2) is 0 Å². The van der Waals surface area contributed by atoms with Crippen LogP contribution < -0.4 is 0 Å². The normalized spacial score (nSPS) is 27.6. The Kier molecular flexibility index (Phi) is 3.93. The van der Waals surface area contributed by atoms with Crippen LogP contribution >= 0.6 is 0 Å². The third-order valence-corrected chi connectivity index (χ3v) is 3.75. The Hall–Kier alpha value is -1.46. The van der Waals surface area contributed by atoms with E-state index in [2.05, 4.69) is 0 Å². The minimum atomic E-state index is -0.803. The van der Waals surface area contributed by atoms with E-state index in [1.54, 1.807) is 0 Å². The third-order valence-electron chi connectivity index (χ3n) is 3.75. The maximum atomic E-state index is 11.7. The molecule has 6 nitrogen and oxygen atoms in total. The average Bonchev–Trinajstić information content (AvgIpc) is 3.17. The minimum absolute atomic E-state index is 0.0112. The van der Waals surface area contributed by atoms with E-state index in [0.29, 0.717) is 0 Å². The van der Waals surface area contributed by atoms with E-state index >= 15 is 0 Å². The van der Waals surface area contributed by atoms with Crippen molar-refractivity contribution in [3.05, 3.63) is 10.1 Å². The lowest BCUT2D eigenvalue weighted by Crippen LogP contribution is -2.25. The van der Waals surface area contributed by atoms with Gasteiger partial charge in [0.2, 0.25) is 6.04 Å². The Balaban J connectivity index is 1.70. The van der Waals surface area contributed by atoms with Gasteiger partial charge in [-0.15, -0.1) is 0 Å². The Morgan fingerprint density at radius 3 is 2.44 bits per heavy atom. The Morgan fingerprint density at radius 2 is 1.89 bits per heavy atom. The largest absolute Gasteiger partial charge is 0.457 e. The molecule has 2 aliphatic carbocycles. The smallest absolute Gasteiger partial charge is 0.316 e. The van der Waals surface area contributed by atoms with E-state index in [0.717, 1.165) is 32.1 Å². The van der Waals surface area contributed by atoms with Gasteiger partial charge in [-0.2, -0.15) is 0 Å². The third kappa shape index (κ3) is 3.05. The van der Waals surface area contributed by atoms with Crippen molar-refractivity contribution in [3.8, 4) is 0 Å². The highest BCUT2D eigenvalue weighted by Gasteiger charge is 2.54. The first kappa shape index (κ1) is 13.0. The van der Waals surface area contributed by atoms with Crippen molar-refractivity contribution in [2.45, 2.75) is 44.6 Å². The fourth-order valence-electron chi connectivity index (χ4n) is 2.46. The highest BCUT2D eigenvalue weighted by Crippen LogP contribution is 2.34. The number of hydrogen-bond acceptors (Lipinski definition) is 5. The summed E-state index contributed by atoms with van der Waals surface area (Å²) < 4.78 is 4.87. The first-order valence-electron chi connectivity index (χ1n) is 6.42. The zero-order chi connectivity index (χ0) is 13.1. The molecular weight excluding hydrogens is 238 g/mol. The lowest BCUT2D eigenvalue weighted by molar-refractivity contribution is -0.497. The van der Waals surface area contributed by atoms with Crippen molar-refractivity contribution in [2.24, 2.45) is 11.8 Å². The summed E-state index contributed by atoms with van der Waals surface area (Å²) in [4.78, 5) is 33.1. The molecule has 0 aromatic heterocycles. The van der Waals surface area contributed by atoms with Crippen LogP contribution in [0.2, 0.25) is 0 Å². The van der Waals surface area contributed by atoms with E-state index in [-0.39, 0.29) is 24.7 Å². The van der Waals surface area contributed by atoms with Crippen molar-refractivity contribution in [1.82, 2.24) is 0 Å². The van der Waals surface area contributed by atoms with Crippen molar-refractivity contribution in [1.29, 1.82) is 0 Å². The first-order valence-corrected chi connectivity index (χ1v) is 6.42. The summed E-state index contributed by atoms with van der Waals surface area (Å²) in [6.45, 7) is -0.218. The highest BCUT2D eigenvalue weighted by atomic mass is 16.6. The van der Waals surface area contributed by atoms with Gasteiger partial charge in [0.25, 0.3) is 0 Å². The zero-order valence-corrected chi connectivity index (χ0v) is 10.2. The number of carbonyl (C=O) groups excluding carboxylic acids is 2. The van der Waals surface area contributed by atoms with Gasteiger partial charge in [0, 0.05) is 17.3 Å². The molecule has 2 fully saturated rings. The van der Waals surface area contributed by atoms with Crippen LogP contribution in [0, 0.1) is 22.0 Å². The quantitative estimate of drug-likeness (QED) is 0.420. The van der Waals surface area contributed by atoms with Gasteiger partial charge in [0.1, 0.15) is 12.5 Å². The molecule has 0 saturated heterocycles. The predicted molar refractivity (Wildman–Crippen MR) is 61.4 cm³/mol. The molecule has 0 radical (unpaired) electrons. The SMILES string of the molecule is O=C(COC(=O)C1CC1[N+](=O)[O-])C1CCCCC1. The van der Waals surface area contributed by atoms with Gasteiger partial charge in [0.15, 0.2) is 5.78 Å². The Bertz CT molecular complexity index is 361. The zero-order valence-electron chi connectivity index (χ0n) is 10.2. The molecular formula is C12H17NO5. The van der Waals surface area contributed by atoms with Crippen molar-refractivity contribution >= 4 is 11.8 Å². The maximum absolute atomic E-state index is 11.7. The first-order chi connectivity index (χ1) is 8.59. The van der Waals surface area contributed by atoms with Crippen molar-refractivity contribution in [3.63, 3.8) is 0 Å². The number of esters is 1. The number of ether oxygens (including phenoxy) is 1. The van der Waals surface area contributed by atoms with E-state index in [9.17, 15) is 19.7 Å². The molecule has 100 valence electrons. The summed E-state index contributed by atoms with van der Waals surface area (Å²) in [6.07, 6.45) is 5.25. The molecule has 0 spiro atoms. The molecule has 2 saturated carbocycles. The molecule has 0 aromatic rings. The Morgan fingerprint density at radius 1 is 1.22 bits per heavy atom. The Labute approximate surface area is 105 Å².